The molecule has 2 heterocycles. The summed E-state index contributed by atoms with van der Waals surface area (Å²) in [5, 5.41) is 3.00. The highest BCUT2D eigenvalue weighted by molar-refractivity contribution is 6.29. The molecule has 0 atom stereocenters. The summed E-state index contributed by atoms with van der Waals surface area (Å²) in [5.74, 6) is 0.0251. The summed E-state index contributed by atoms with van der Waals surface area (Å²) in [6, 6.07) is 5.77. The van der Waals surface area contributed by atoms with E-state index in [-0.39, 0.29) is 11.9 Å². The smallest absolute Gasteiger partial charge is 0.274 e. The lowest BCUT2D eigenvalue weighted by molar-refractivity contribution is 0.101. The fourth-order valence-electron chi connectivity index (χ4n) is 2.01. The van der Waals surface area contributed by atoms with E-state index >= 15 is 0 Å². The zero-order valence-electron chi connectivity index (χ0n) is 10.4. The summed E-state index contributed by atoms with van der Waals surface area (Å²) >= 11 is 5.84. The van der Waals surface area contributed by atoms with E-state index in [1.165, 1.54) is 0 Å². The van der Waals surface area contributed by atoms with E-state index in [1.54, 1.807) is 19.1 Å². The Hall–Kier alpha value is -1.88. The van der Waals surface area contributed by atoms with Crippen molar-refractivity contribution in [3.05, 3.63) is 40.9 Å². The molecule has 3 rings (SSSR count). The van der Waals surface area contributed by atoms with Gasteiger partial charge in [-0.2, -0.15) is 0 Å². The third-order valence-corrected chi connectivity index (χ3v) is 3.19. The van der Waals surface area contributed by atoms with Crippen molar-refractivity contribution in [1.82, 2.24) is 14.5 Å². The molecule has 1 aliphatic carbocycles. The minimum Gasteiger partial charge on any atom is -0.340 e. The van der Waals surface area contributed by atoms with Gasteiger partial charge in [-0.3, -0.25) is 10.1 Å². The van der Waals surface area contributed by atoms with Gasteiger partial charge in [-0.1, -0.05) is 11.6 Å². The molecule has 6 heteroatoms. The highest BCUT2D eigenvalue weighted by atomic mass is 35.5. The molecule has 1 saturated carbocycles. The number of carbonyl (C=O) groups is 1. The summed E-state index contributed by atoms with van der Waals surface area (Å²) in [6.07, 6.45) is 4.18. The maximum Gasteiger partial charge on any atom is 0.274 e. The van der Waals surface area contributed by atoms with E-state index in [2.05, 4.69) is 15.3 Å². The molecule has 1 aliphatic rings. The predicted molar refractivity (Wildman–Crippen MR) is 72.4 cm³/mol. The Morgan fingerprint density at radius 3 is 2.95 bits per heavy atom. The minimum atomic E-state index is -0.210. The van der Waals surface area contributed by atoms with Gasteiger partial charge in [0.1, 0.15) is 10.8 Å². The number of nitrogens with one attached hydrogen (secondary N) is 1. The Bertz CT molecular complexity index is 613. The van der Waals surface area contributed by atoms with Gasteiger partial charge in [0, 0.05) is 17.9 Å². The van der Waals surface area contributed by atoms with Gasteiger partial charge in [-0.15, -0.1) is 0 Å². The van der Waals surface area contributed by atoms with E-state index in [0.717, 1.165) is 12.8 Å². The second-order valence-electron chi connectivity index (χ2n) is 4.64. The summed E-state index contributed by atoms with van der Waals surface area (Å²) in [6.45, 7) is 1.80. The monoisotopic (exact) mass is 276 g/mol. The van der Waals surface area contributed by atoms with E-state index < -0.39 is 0 Å². The van der Waals surface area contributed by atoms with Crippen LogP contribution >= 0.6 is 11.6 Å². The number of halogens is 1. The van der Waals surface area contributed by atoms with Crippen molar-refractivity contribution in [2.45, 2.75) is 25.8 Å². The minimum absolute atomic E-state index is 0.210. The normalized spacial score (nSPS) is 14.4. The zero-order chi connectivity index (χ0) is 13.4. The molecule has 0 unspecified atom stereocenters. The highest BCUT2D eigenvalue weighted by Gasteiger charge is 2.26. The van der Waals surface area contributed by atoms with Crippen LogP contribution in [0.15, 0.2) is 24.4 Å². The molecule has 2 aromatic rings. The van der Waals surface area contributed by atoms with Crippen LogP contribution in [0.25, 0.3) is 0 Å². The van der Waals surface area contributed by atoms with Gasteiger partial charge in [0.15, 0.2) is 0 Å². The predicted octanol–water partition coefficient (Wildman–Crippen LogP) is 2.83. The molecular weight excluding hydrogens is 264 g/mol. The molecule has 1 fully saturated rings. The third kappa shape index (κ3) is 2.61. The van der Waals surface area contributed by atoms with E-state index in [9.17, 15) is 4.79 Å². The average molecular weight is 277 g/mol. The van der Waals surface area contributed by atoms with Crippen molar-refractivity contribution in [2.75, 3.05) is 5.32 Å². The maximum atomic E-state index is 12.2. The van der Waals surface area contributed by atoms with E-state index in [1.807, 2.05) is 16.8 Å². The number of aromatic nitrogens is 3. The first kappa shape index (κ1) is 12.2. The molecule has 1 amide bonds. The van der Waals surface area contributed by atoms with E-state index in [4.69, 9.17) is 11.6 Å². The van der Waals surface area contributed by atoms with Crippen LogP contribution in [0.3, 0.4) is 0 Å². The molecule has 0 saturated heterocycles. The highest BCUT2D eigenvalue weighted by Crippen LogP contribution is 2.36. The number of carbonyl (C=O) groups excluding carboxylic acids is 1. The molecule has 2 aromatic heterocycles. The average Bonchev–Trinajstić information content (AvgIpc) is 3.05. The van der Waals surface area contributed by atoms with Gasteiger partial charge in [-0.05, 0) is 38.0 Å². The molecular formula is C13H13ClN4O. The van der Waals surface area contributed by atoms with Gasteiger partial charge in [-0.25, -0.2) is 9.97 Å². The lowest BCUT2D eigenvalue weighted by atomic mass is 10.4. The topological polar surface area (TPSA) is 59.8 Å². The number of aryl methyl sites for hydroxylation is 1. The lowest BCUT2D eigenvalue weighted by Crippen LogP contribution is -2.18. The molecule has 0 spiro atoms. The van der Waals surface area contributed by atoms with Crippen molar-refractivity contribution in [2.24, 2.45) is 0 Å². The third-order valence-electron chi connectivity index (χ3n) is 3.00. The molecule has 5 nitrogen and oxygen atoms in total. The van der Waals surface area contributed by atoms with Crippen molar-refractivity contribution in [3.63, 3.8) is 0 Å². The number of hydrogen-bond donors (Lipinski definition) is 1. The fourth-order valence-corrected chi connectivity index (χ4v) is 2.25. The van der Waals surface area contributed by atoms with Gasteiger partial charge in [0.25, 0.3) is 5.91 Å². The standard InChI is InChI=1S/C13H13ClN4O/c1-8-7-11(14)16-13(15-8)17-12(19)10-3-2-6-18(10)9-4-5-9/h2-3,6-7,9H,4-5H2,1H3,(H,15,16,17,19). The SMILES string of the molecule is Cc1cc(Cl)nc(NC(=O)c2cccn2C2CC2)n1. The summed E-state index contributed by atoms with van der Waals surface area (Å²) in [4.78, 5) is 20.3. The van der Waals surface area contributed by atoms with E-state index in [0.29, 0.717) is 22.6 Å². The van der Waals surface area contributed by atoms with Crippen LogP contribution in [0, 0.1) is 6.92 Å². The molecule has 1 N–H and O–H groups in total. The largest absolute Gasteiger partial charge is 0.340 e. The first-order valence-electron chi connectivity index (χ1n) is 6.13. The number of nitrogens with zero attached hydrogens (tertiary/aromatic N) is 3. The van der Waals surface area contributed by atoms with Crippen molar-refractivity contribution < 1.29 is 4.79 Å². The first-order valence-corrected chi connectivity index (χ1v) is 6.50. The molecule has 98 valence electrons. The molecule has 0 bridgehead atoms. The maximum absolute atomic E-state index is 12.2. The second-order valence-corrected chi connectivity index (χ2v) is 5.03. The molecule has 19 heavy (non-hydrogen) atoms. The summed E-state index contributed by atoms with van der Waals surface area (Å²) < 4.78 is 1.99. The van der Waals surface area contributed by atoms with Crippen molar-refractivity contribution >= 4 is 23.5 Å². The quantitative estimate of drug-likeness (QED) is 0.877. The molecule has 0 aromatic carbocycles. The Kier molecular flexibility index (Phi) is 2.98. The second kappa shape index (κ2) is 4.66. The number of anilines is 1. The Morgan fingerprint density at radius 2 is 2.26 bits per heavy atom. The van der Waals surface area contributed by atoms with Gasteiger partial charge in [0.05, 0.1) is 0 Å². The van der Waals surface area contributed by atoms with Crippen LogP contribution < -0.4 is 5.32 Å². The van der Waals surface area contributed by atoms with Crippen molar-refractivity contribution in [3.8, 4) is 0 Å². The first-order chi connectivity index (χ1) is 9.13. The number of hydrogen-bond acceptors (Lipinski definition) is 3. The Labute approximate surface area is 115 Å². The number of rotatable bonds is 3. The fraction of sp³-hybridized carbons (Fsp3) is 0.308. The van der Waals surface area contributed by atoms with Crippen LogP contribution in [-0.4, -0.2) is 20.4 Å². The van der Waals surface area contributed by atoms with Crippen LogP contribution in [0.1, 0.15) is 35.1 Å². The van der Waals surface area contributed by atoms with Gasteiger partial charge in [0.2, 0.25) is 5.95 Å². The van der Waals surface area contributed by atoms with Crippen LogP contribution in [-0.2, 0) is 0 Å². The van der Waals surface area contributed by atoms with Crippen LogP contribution in [0.4, 0.5) is 5.95 Å². The Morgan fingerprint density at radius 1 is 1.47 bits per heavy atom. The molecule has 0 aliphatic heterocycles. The Balaban J connectivity index is 1.82. The van der Waals surface area contributed by atoms with Gasteiger partial charge < -0.3 is 4.57 Å². The molecule has 0 radical (unpaired) electrons. The lowest BCUT2D eigenvalue weighted by Gasteiger charge is -2.08. The zero-order valence-corrected chi connectivity index (χ0v) is 11.2. The van der Waals surface area contributed by atoms with Crippen molar-refractivity contribution in [1.29, 1.82) is 0 Å². The van der Waals surface area contributed by atoms with Crippen LogP contribution in [0.5, 0.6) is 0 Å². The van der Waals surface area contributed by atoms with Gasteiger partial charge >= 0.3 is 0 Å². The summed E-state index contributed by atoms with van der Waals surface area (Å²) in [5.41, 5.74) is 1.34. The summed E-state index contributed by atoms with van der Waals surface area (Å²) in [7, 11) is 0. The number of amides is 1. The van der Waals surface area contributed by atoms with Crippen LogP contribution in [0.2, 0.25) is 5.15 Å².